The van der Waals surface area contributed by atoms with Crippen molar-refractivity contribution in [1.82, 2.24) is 9.97 Å². The number of hydrogen-bond acceptors (Lipinski definition) is 6. The number of nitrogens with zero attached hydrogens (tertiary/aromatic N) is 2. The zero-order valence-corrected chi connectivity index (χ0v) is 15.6. The summed E-state index contributed by atoms with van der Waals surface area (Å²) >= 11 is 0. The Labute approximate surface area is 158 Å². The highest BCUT2D eigenvalue weighted by Crippen LogP contribution is 2.24. The van der Waals surface area contributed by atoms with Crippen LogP contribution in [0.5, 0.6) is 0 Å². The van der Waals surface area contributed by atoms with Gasteiger partial charge in [0.25, 0.3) is 0 Å². The molecule has 0 aliphatic rings. The van der Waals surface area contributed by atoms with Gasteiger partial charge in [0.2, 0.25) is 0 Å². The van der Waals surface area contributed by atoms with E-state index in [9.17, 15) is 4.79 Å². The first-order valence-electron chi connectivity index (χ1n) is 8.76. The normalized spacial score (nSPS) is 10.3. The molecule has 0 bridgehead atoms. The van der Waals surface area contributed by atoms with Crippen molar-refractivity contribution in [2.75, 3.05) is 17.2 Å². The number of benzene rings is 2. The molecule has 2 N–H and O–H groups in total. The van der Waals surface area contributed by atoms with E-state index in [4.69, 9.17) is 4.74 Å². The molecule has 0 saturated carbocycles. The summed E-state index contributed by atoms with van der Waals surface area (Å²) < 4.78 is 5.11. The number of carbonyl (C=O) groups is 1. The Morgan fingerprint density at radius 1 is 0.963 bits per heavy atom. The van der Waals surface area contributed by atoms with Crippen LogP contribution in [0, 0.1) is 13.8 Å². The molecule has 1 heterocycles. The van der Waals surface area contributed by atoms with Crippen LogP contribution in [0.4, 0.5) is 23.0 Å². The molecule has 0 aliphatic carbocycles. The first kappa shape index (κ1) is 18.4. The smallest absolute Gasteiger partial charge is 0.340 e. The Balaban J connectivity index is 1.83. The van der Waals surface area contributed by atoms with Crippen LogP contribution in [0.1, 0.15) is 28.4 Å². The Kier molecular flexibility index (Phi) is 5.66. The zero-order chi connectivity index (χ0) is 19.2. The number of para-hydroxylation sites is 1. The van der Waals surface area contributed by atoms with E-state index in [2.05, 4.69) is 38.8 Å². The Bertz CT molecular complexity index is 956. The maximum atomic E-state index is 12.1. The van der Waals surface area contributed by atoms with Gasteiger partial charge in [-0.2, -0.15) is 0 Å². The quantitative estimate of drug-likeness (QED) is 0.616. The van der Waals surface area contributed by atoms with E-state index in [1.165, 1.54) is 11.9 Å². The minimum atomic E-state index is -0.372. The van der Waals surface area contributed by atoms with Crippen molar-refractivity contribution in [2.45, 2.75) is 20.8 Å². The molecule has 0 atom stereocenters. The Morgan fingerprint density at radius 2 is 1.67 bits per heavy atom. The van der Waals surface area contributed by atoms with Gasteiger partial charge in [0.1, 0.15) is 18.0 Å². The second-order valence-electron chi connectivity index (χ2n) is 6.12. The molecule has 3 rings (SSSR count). The number of rotatable bonds is 6. The van der Waals surface area contributed by atoms with Crippen LogP contribution >= 0.6 is 0 Å². The standard InChI is InChI=1S/C21H22N4O2/c1-4-27-21(26)16-7-5-6-8-17(16)24-19-12-20(23-13-22-19)25-18-11-14(2)9-10-15(18)3/h5-13H,4H2,1-3H3,(H2,22,23,24,25). The second-order valence-corrected chi connectivity index (χ2v) is 6.12. The summed E-state index contributed by atoms with van der Waals surface area (Å²) in [6.45, 7) is 6.19. The van der Waals surface area contributed by atoms with Crippen molar-refractivity contribution in [1.29, 1.82) is 0 Å². The van der Waals surface area contributed by atoms with Crippen molar-refractivity contribution < 1.29 is 9.53 Å². The van der Waals surface area contributed by atoms with Gasteiger partial charge in [0.15, 0.2) is 0 Å². The van der Waals surface area contributed by atoms with E-state index < -0.39 is 0 Å². The third kappa shape index (κ3) is 4.61. The molecular weight excluding hydrogens is 340 g/mol. The zero-order valence-electron chi connectivity index (χ0n) is 15.6. The summed E-state index contributed by atoms with van der Waals surface area (Å²) in [6, 6.07) is 15.2. The van der Waals surface area contributed by atoms with Gasteiger partial charge in [-0.3, -0.25) is 0 Å². The van der Waals surface area contributed by atoms with Gasteiger partial charge in [0, 0.05) is 11.8 Å². The lowest BCUT2D eigenvalue weighted by Gasteiger charge is -2.13. The first-order chi connectivity index (χ1) is 13.1. The van der Waals surface area contributed by atoms with Crippen LogP contribution in [-0.4, -0.2) is 22.5 Å². The fraction of sp³-hybridized carbons (Fsp3) is 0.190. The number of carbonyl (C=O) groups excluding carboxylic acids is 1. The SMILES string of the molecule is CCOC(=O)c1ccccc1Nc1cc(Nc2cc(C)ccc2C)ncn1. The van der Waals surface area contributed by atoms with E-state index in [0.29, 0.717) is 29.5 Å². The minimum absolute atomic E-state index is 0.324. The molecule has 6 nitrogen and oxygen atoms in total. The largest absolute Gasteiger partial charge is 0.462 e. The van der Waals surface area contributed by atoms with E-state index in [1.807, 2.05) is 26.0 Å². The van der Waals surface area contributed by atoms with Gasteiger partial charge < -0.3 is 15.4 Å². The number of nitrogens with one attached hydrogen (secondary N) is 2. The highest BCUT2D eigenvalue weighted by Gasteiger charge is 2.12. The number of esters is 1. The van der Waals surface area contributed by atoms with Crippen LogP contribution in [0.25, 0.3) is 0 Å². The van der Waals surface area contributed by atoms with Gasteiger partial charge in [-0.25, -0.2) is 14.8 Å². The monoisotopic (exact) mass is 362 g/mol. The van der Waals surface area contributed by atoms with Gasteiger partial charge in [-0.05, 0) is 50.1 Å². The van der Waals surface area contributed by atoms with Crippen LogP contribution in [0.2, 0.25) is 0 Å². The van der Waals surface area contributed by atoms with E-state index in [1.54, 1.807) is 25.1 Å². The fourth-order valence-electron chi connectivity index (χ4n) is 2.62. The maximum absolute atomic E-state index is 12.1. The molecule has 0 unspecified atom stereocenters. The third-order valence-electron chi connectivity index (χ3n) is 4.01. The predicted octanol–water partition coefficient (Wildman–Crippen LogP) is 4.76. The van der Waals surface area contributed by atoms with Crippen LogP contribution < -0.4 is 10.6 Å². The molecule has 0 aliphatic heterocycles. The molecule has 27 heavy (non-hydrogen) atoms. The van der Waals surface area contributed by atoms with Gasteiger partial charge in [-0.1, -0.05) is 24.3 Å². The Morgan fingerprint density at radius 3 is 2.41 bits per heavy atom. The van der Waals surface area contributed by atoms with Gasteiger partial charge in [0.05, 0.1) is 17.9 Å². The number of aromatic nitrogens is 2. The summed E-state index contributed by atoms with van der Waals surface area (Å²) in [5.74, 6) is 0.868. The summed E-state index contributed by atoms with van der Waals surface area (Å²) in [5.41, 5.74) is 4.38. The number of ether oxygens (including phenoxy) is 1. The van der Waals surface area contributed by atoms with Gasteiger partial charge >= 0.3 is 5.97 Å². The predicted molar refractivity (Wildman–Crippen MR) is 107 cm³/mol. The van der Waals surface area contributed by atoms with E-state index >= 15 is 0 Å². The average molecular weight is 362 g/mol. The van der Waals surface area contributed by atoms with E-state index in [-0.39, 0.29) is 5.97 Å². The highest BCUT2D eigenvalue weighted by atomic mass is 16.5. The van der Waals surface area contributed by atoms with Crippen LogP contribution in [0.15, 0.2) is 54.9 Å². The Hall–Kier alpha value is -3.41. The maximum Gasteiger partial charge on any atom is 0.340 e. The summed E-state index contributed by atoms with van der Waals surface area (Å²) in [4.78, 5) is 20.7. The fourth-order valence-corrected chi connectivity index (χ4v) is 2.62. The summed E-state index contributed by atoms with van der Waals surface area (Å²) in [5, 5.41) is 6.49. The number of aryl methyl sites for hydroxylation is 2. The van der Waals surface area contributed by atoms with Crippen LogP contribution in [0.3, 0.4) is 0 Å². The summed E-state index contributed by atoms with van der Waals surface area (Å²) in [7, 11) is 0. The topological polar surface area (TPSA) is 76.1 Å². The number of anilines is 4. The molecule has 0 saturated heterocycles. The molecule has 0 amide bonds. The van der Waals surface area contributed by atoms with Crippen LogP contribution in [-0.2, 0) is 4.74 Å². The molecule has 0 fully saturated rings. The number of hydrogen-bond donors (Lipinski definition) is 2. The molecule has 1 aromatic heterocycles. The molecule has 0 spiro atoms. The van der Waals surface area contributed by atoms with Crippen molar-refractivity contribution >= 4 is 29.0 Å². The lowest BCUT2D eigenvalue weighted by Crippen LogP contribution is -2.08. The molecule has 138 valence electrons. The highest BCUT2D eigenvalue weighted by molar-refractivity contribution is 5.96. The molecule has 6 heteroatoms. The van der Waals surface area contributed by atoms with E-state index in [0.717, 1.165) is 11.3 Å². The second kappa shape index (κ2) is 8.31. The molecular formula is C21H22N4O2. The lowest BCUT2D eigenvalue weighted by atomic mass is 10.1. The lowest BCUT2D eigenvalue weighted by molar-refractivity contribution is 0.0527. The van der Waals surface area contributed by atoms with Gasteiger partial charge in [-0.15, -0.1) is 0 Å². The average Bonchev–Trinajstić information content (AvgIpc) is 2.66. The van der Waals surface area contributed by atoms with Crippen molar-refractivity contribution in [3.05, 3.63) is 71.5 Å². The first-order valence-corrected chi connectivity index (χ1v) is 8.76. The van der Waals surface area contributed by atoms with Crippen molar-refractivity contribution in [2.24, 2.45) is 0 Å². The molecule has 2 aromatic carbocycles. The van der Waals surface area contributed by atoms with Crippen molar-refractivity contribution in [3.8, 4) is 0 Å². The molecule has 3 aromatic rings. The minimum Gasteiger partial charge on any atom is -0.462 e. The summed E-state index contributed by atoms with van der Waals surface area (Å²) in [6.07, 6.45) is 1.47. The molecule has 0 radical (unpaired) electrons. The third-order valence-corrected chi connectivity index (χ3v) is 4.01. The van der Waals surface area contributed by atoms with Crippen molar-refractivity contribution in [3.63, 3.8) is 0 Å².